The van der Waals surface area contributed by atoms with E-state index in [0.717, 1.165) is 19.4 Å². The van der Waals surface area contributed by atoms with Gasteiger partial charge < -0.3 is 14.8 Å². The summed E-state index contributed by atoms with van der Waals surface area (Å²) in [6.07, 6.45) is 3.40. The first-order valence-corrected chi connectivity index (χ1v) is 8.39. The van der Waals surface area contributed by atoms with E-state index in [1.165, 1.54) is 19.5 Å². The molecule has 1 heterocycles. The van der Waals surface area contributed by atoms with Crippen LogP contribution < -0.4 is 10.0 Å². The highest BCUT2D eigenvalue weighted by Gasteiger charge is 2.26. The van der Waals surface area contributed by atoms with Gasteiger partial charge in [-0.05, 0) is 50.4 Å². The van der Waals surface area contributed by atoms with Crippen molar-refractivity contribution < 1.29 is 17.9 Å². The van der Waals surface area contributed by atoms with Gasteiger partial charge in [-0.15, -0.1) is 0 Å². The predicted molar refractivity (Wildman–Crippen MR) is 74.6 cm³/mol. The van der Waals surface area contributed by atoms with Crippen molar-refractivity contribution in [3.05, 3.63) is 17.9 Å². The minimum Gasteiger partial charge on any atom is -0.447 e. The van der Waals surface area contributed by atoms with Gasteiger partial charge in [0, 0.05) is 6.61 Å². The molecule has 0 radical (unpaired) electrons. The Morgan fingerprint density at radius 1 is 1.35 bits per heavy atom. The normalized spacial score (nSPS) is 23.3. The van der Waals surface area contributed by atoms with E-state index >= 15 is 0 Å². The fraction of sp³-hybridized carbons (Fsp3) is 0.692. The largest absolute Gasteiger partial charge is 0.447 e. The molecular weight excluding hydrogens is 280 g/mol. The molecule has 0 bridgehead atoms. The molecule has 20 heavy (non-hydrogen) atoms. The Morgan fingerprint density at radius 3 is 2.80 bits per heavy atom. The molecule has 3 N–H and O–H groups in total. The molecule has 2 rings (SSSR count). The summed E-state index contributed by atoms with van der Waals surface area (Å²) < 4.78 is 30.6. The SMILES string of the molecule is CNS(=O)(=O)c1ccc(CNCC2CCCC2CO)o1. The third-order valence-electron chi connectivity index (χ3n) is 3.93. The van der Waals surface area contributed by atoms with Crippen molar-refractivity contribution in [2.75, 3.05) is 20.2 Å². The Morgan fingerprint density at radius 2 is 2.10 bits per heavy atom. The molecule has 0 aromatic carbocycles. The zero-order chi connectivity index (χ0) is 14.6. The van der Waals surface area contributed by atoms with Crippen molar-refractivity contribution in [1.29, 1.82) is 0 Å². The molecule has 1 aliphatic carbocycles. The van der Waals surface area contributed by atoms with Crippen LogP contribution in [0.15, 0.2) is 21.6 Å². The van der Waals surface area contributed by atoms with E-state index in [9.17, 15) is 13.5 Å². The summed E-state index contributed by atoms with van der Waals surface area (Å²) in [6, 6.07) is 3.12. The second-order valence-corrected chi connectivity index (χ2v) is 7.01. The summed E-state index contributed by atoms with van der Waals surface area (Å²) in [5.41, 5.74) is 0. The lowest BCUT2D eigenvalue weighted by Crippen LogP contribution is -2.26. The van der Waals surface area contributed by atoms with Crippen LogP contribution in [0.5, 0.6) is 0 Å². The summed E-state index contributed by atoms with van der Waals surface area (Å²) >= 11 is 0. The maximum Gasteiger partial charge on any atom is 0.273 e. The number of aliphatic hydroxyl groups is 1. The van der Waals surface area contributed by atoms with E-state index in [-0.39, 0.29) is 11.7 Å². The summed E-state index contributed by atoms with van der Waals surface area (Å²) in [5, 5.41) is 12.5. The van der Waals surface area contributed by atoms with Crippen molar-refractivity contribution in [3.8, 4) is 0 Å². The number of sulfonamides is 1. The van der Waals surface area contributed by atoms with Crippen molar-refractivity contribution in [3.63, 3.8) is 0 Å². The highest BCUT2D eigenvalue weighted by Crippen LogP contribution is 2.30. The minimum atomic E-state index is -3.51. The van der Waals surface area contributed by atoms with E-state index in [4.69, 9.17) is 4.42 Å². The molecule has 1 aromatic heterocycles. The van der Waals surface area contributed by atoms with Gasteiger partial charge in [0.1, 0.15) is 5.76 Å². The lowest BCUT2D eigenvalue weighted by atomic mass is 9.97. The Kier molecular flexibility index (Phi) is 5.20. The van der Waals surface area contributed by atoms with Gasteiger partial charge in [0.25, 0.3) is 10.0 Å². The second kappa shape index (κ2) is 6.71. The average molecular weight is 302 g/mol. The topological polar surface area (TPSA) is 91.6 Å². The van der Waals surface area contributed by atoms with Gasteiger partial charge in [-0.2, -0.15) is 0 Å². The van der Waals surface area contributed by atoms with Crippen LogP contribution in [0, 0.1) is 11.8 Å². The van der Waals surface area contributed by atoms with Gasteiger partial charge >= 0.3 is 0 Å². The number of aliphatic hydroxyl groups excluding tert-OH is 1. The second-order valence-electron chi connectivity index (χ2n) is 5.19. The lowest BCUT2D eigenvalue weighted by molar-refractivity contribution is 0.191. The molecule has 0 aliphatic heterocycles. The van der Waals surface area contributed by atoms with Crippen LogP contribution in [0.1, 0.15) is 25.0 Å². The smallest absolute Gasteiger partial charge is 0.273 e. The molecule has 1 aliphatic rings. The predicted octanol–water partition coefficient (Wildman–Crippen LogP) is 0.686. The molecule has 1 saturated carbocycles. The van der Waals surface area contributed by atoms with E-state index in [1.807, 2.05) is 0 Å². The standard InChI is InChI=1S/C13H22N2O4S/c1-14-20(17,18)13-6-5-12(19-13)8-15-7-10-3-2-4-11(10)9-16/h5-6,10-11,14-16H,2-4,7-9H2,1H3. The Hall–Kier alpha value is -0.890. The number of hydrogen-bond donors (Lipinski definition) is 3. The first-order chi connectivity index (χ1) is 9.56. The molecule has 2 atom stereocenters. The van der Waals surface area contributed by atoms with Gasteiger partial charge in [-0.25, -0.2) is 13.1 Å². The maximum absolute atomic E-state index is 11.5. The molecule has 7 heteroatoms. The van der Waals surface area contributed by atoms with Gasteiger partial charge in [-0.1, -0.05) is 6.42 Å². The zero-order valence-electron chi connectivity index (χ0n) is 11.6. The summed E-state index contributed by atoms with van der Waals surface area (Å²) in [7, 11) is -2.16. The van der Waals surface area contributed by atoms with Crippen LogP contribution in [0.4, 0.5) is 0 Å². The highest BCUT2D eigenvalue weighted by molar-refractivity contribution is 7.89. The highest BCUT2D eigenvalue weighted by atomic mass is 32.2. The molecule has 0 spiro atoms. The van der Waals surface area contributed by atoms with Crippen LogP contribution >= 0.6 is 0 Å². The first-order valence-electron chi connectivity index (χ1n) is 6.90. The monoisotopic (exact) mass is 302 g/mol. The van der Waals surface area contributed by atoms with Crippen LogP contribution in [0.2, 0.25) is 0 Å². The molecule has 1 aromatic rings. The van der Waals surface area contributed by atoms with E-state index in [1.54, 1.807) is 6.07 Å². The molecule has 2 unspecified atom stereocenters. The van der Waals surface area contributed by atoms with Crippen molar-refractivity contribution in [1.82, 2.24) is 10.0 Å². The quantitative estimate of drug-likeness (QED) is 0.689. The fourth-order valence-electron chi connectivity index (χ4n) is 2.70. The molecule has 0 amide bonds. The molecular formula is C13H22N2O4S. The minimum absolute atomic E-state index is 0.0640. The van der Waals surface area contributed by atoms with Crippen LogP contribution in [-0.2, 0) is 16.6 Å². The van der Waals surface area contributed by atoms with Gasteiger partial charge in [0.05, 0.1) is 6.54 Å². The van der Waals surface area contributed by atoms with Crippen molar-refractivity contribution >= 4 is 10.0 Å². The Bertz CT molecular complexity index is 526. The van der Waals surface area contributed by atoms with Gasteiger partial charge in [-0.3, -0.25) is 0 Å². The average Bonchev–Trinajstić information content (AvgIpc) is 3.07. The van der Waals surface area contributed by atoms with E-state index in [2.05, 4.69) is 10.0 Å². The van der Waals surface area contributed by atoms with E-state index in [0.29, 0.717) is 24.1 Å². The van der Waals surface area contributed by atoms with E-state index < -0.39 is 10.0 Å². The first kappa shape index (κ1) is 15.5. The maximum atomic E-state index is 11.5. The number of nitrogens with one attached hydrogen (secondary N) is 2. The third kappa shape index (κ3) is 3.60. The molecule has 114 valence electrons. The van der Waals surface area contributed by atoms with Crippen molar-refractivity contribution in [2.45, 2.75) is 30.9 Å². The third-order valence-corrected chi connectivity index (χ3v) is 5.21. The summed E-state index contributed by atoms with van der Waals surface area (Å²) in [6.45, 7) is 1.56. The lowest BCUT2D eigenvalue weighted by Gasteiger charge is -2.17. The van der Waals surface area contributed by atoms with Crippen LogP contribution in [-0.4, -0.2) is 33.7 Å². The van der Waals surface area contributed by atoms with Crippen LogP contribution in [0.3, 0.4) is 0 Å². The van der Waals surface area contributed by atoms with Gasteiger partial charge in [0.2, 0.25) is 5.09 Å². The number of furan rings is 1. The molecule has 0 saturated heterocycles. The fourth-order valence-corrected chi connectivity index (χ4v) is 3.37. The Balaban J connectivity index is 1.83. The van der Waals surface area contributed by atoms with Crippen molar-refractivity contribution in [2.24, 2.45) is 11.8 Å². The number of hydrogen-bond acceptors (Lipinski definition) is 5. The summed E-state index contributed by atoms with van der Waals surface area (Å²) in [5.74, 6) is 1.48. The number of rotatable bonds is 7. The van der Waals surface area contributed by atoms with Gasteiger partial charge in [0.15, 0.2) is 0 Å². The Labute approximate surface area is 119 Å². The molecule has 1 fully saturated rings. The molecule has 6 nitrogen and oxygen atoms in total. The zero-order valence-corrected chi connectivity index (χ0v) is 12.4. The summed E-state index contributed by atoms with van der Waals surface area (Å²) in [4.78, 5) is 0. The van der Waals surface area contributed by atoms with Crippen LogP contribution in [0.25, 0.3) is 0 Å².